The predicted molar refractivity (Wildman–Crippen MR) is 51.4 cm³/mol. The number of nitrogens with one attached hydrogen (secondary N) is 1. The molecular formula is C10H19NO2. The van der Waals surface area contributed by atoms with Crippen molar-refractivity contribution in [2.45, 2.75) is 26.7 Å². The lowest BCUT2D eigenvalue weighted by Crippen LogP contribution is -2.34. The minimum atomic E-state index is 0.0971. The largest absolute Gasteiger partial charge is 0.381 e. The zero-order chi connectivity index (χ0) is 9.68. The third kappa shape index (κ3) is 3.77. The molecule has 0 aliphatic carbocycles. The zero-order valence-electron chi connectivity index (χ0n) is 8.51. The van der Waals surface area contributed by atoms with Gasteiger partial charge in [0.2, 0.25) is 5.91 Å². The Balaban J connectivity index is 2.13. The Morgan fingerprint density at radius 2 is 2.08 bits per heavy atom. The molecule has 3 heteroatoms. The first kappa shape index (κ1) is 10.5. The predicted octanol–water partition coefficient (Wildman–Crippen LogP) is 1.19. The molecule has 0 aromatic rings. The summed E-state index contributed by atoms with van der Waals surface area (Å²) in [7, 11) is 0. The molecule has 76 valence electrons. The highest BCUT2D eigenvalue weighted by atomic mass is 16.5. The van der Waals surface area contributed by atoms with Gasteiger partial charge in [-0.25, -0.2) is 0 Å². The highest BCUT2D eigenvalue weighted by Gasteiger charge is 2.15. The summed E-state index contributed by atoms with van der Waals surface area (Å²) in [6, 6.07) is 0. The molecule has 1 aliphatic rings. The van der Waals surface area contributed by atoms with Gasteiger partial charge >= 0.3 is 0 Å². The summed E-state index contributed by atoms with van der Waals surface area (Å²) >= 11 is 0. The van der Waals surface area contributed by atoms with E-state index in [0.717, 1.165) is 32.6 Å². The van der Waals surface area contributed by atoms with E-state index >= 15 is 0 Å². The number of carbonyl (C=O) groups excluding carboxylic acids is 1. The Morgan fingerprint density at radius 3 is 2.62 bits per heavy atom. The van der Waals surface area contributed by atoms with Crippen LogP contribution in [-0.2, 0) is 9.53 Å². The van der Waals surface area contributed by atoms with Crippen molar-refractivity contribution in [3.05, 3.63) is 0 Å². The van der Waals surface area contributed by atoms with Crippen molar-refractivity contribution in [2.24, 2.45) is 11.8 Å². The van der Waals surface area contributed by atoms with Crippen molar-refractivity contribution in [2.75, 3.05) is 19.8 Å². The number of rotatable bonds is 3. The second-order valence-electron chi connectivity index (χ2n) is 3.96. The van der Waals surface area contributed by atoms with Gasteiger partial charge in [-0.3, -0.25) is 4.79 Å². The highest BCUT2D eigenvalue weighted by molar-refractivity contribution is 5.77. The Labute approximate surface area is 79.8 Å². The maximum atomic E-state index is 11.2. The van der Waals surface area contributed by atoms with Gasteiger partial charge in [-0.05, 0) is 18.8 Å². The lowest BCUT2D eigenvalue weighted by atomic mass is 10.0. The minimum absolute atomic E-state index is 0.0971. The number of hydrogen-bond acceptors (Lipinski definition) is 2. The van der Waals surface area contributed by atoms with Gasteiger partial charge in [0.25, 0.3) is 0 Å². The number of carbonyl (C=O) groups is 1. The average Bonchev–Trinajstić information content (AvgIpc) is 2.15. The minimum Gasteiger partial charge on any atom is -0.381 e. The molecule has 1 heterocycles. The Morgan fingerprint density at radius 1 is 1.46 bits per heavy atom. The summed E-state index contributed by atoms with van der Waals surface area (Å²) in [4.78, 5) is 11.2. The molecule has 0 radical (unpaired) electrons. The molecule has 0 bridgehead atoms. The maximum Gasteiger partial charge on any atom is 0.222 e. The second-order valence-corrected chi connectivity index (χ2v) is 3.96. The van der Waals surface area contributed by atoms with Crippen LogP contribution in [0.3, 0.4) is 0 Å². The number of hydrogen-bond donors (Lipinski definition) is 1. The monoisotopic (exact) mass is 185 g/mol. The van der Waals surface area contributed by atoms with Crippen molar-refractivity contribution in [1.82, 2.24) is 5.32 Å². The van der Waals surface area contributed by atoms with E-state index in [0.29, 0.717) is 5.92 Å². The summed E-state index contributed by atoms with van der Waals surface area (Å²) < 4.78 is 5.24. The molecule has 3 nitrogen and oxygen atoms in total. The number of ether oxygens (including phenoxy) is 1. The Bertz CT molecular complexity index is 162. The lowest BCUT2D eigenvalue weighted by molar-refractivity contribution is -0.124. The van der Waals surface area contributed by atoms with Gasteiger partial charge in [-0.1, -0.05) is 13.8 Å². The van der Waals surface area contributed by atoms with Crippen molar-refractivity contribution in [1.29, 1.82) is 0 Å². The normalized spacial score (nSPS) is 19.0. The van der Waals surface area contributed by atoms with Crippen molar-refractivity contribution < 1.29 is 9.53 Å². The molecule has 1 rings (SSSR count). The van der Waals surface area contributed by atoms with E-state index in [1.165, 1.54) is 0 Å². The van der Waals surface area contributed by atoms with E-state index in [1.807, 2.05) is 13.8 Å². The van der Waals surface area contributed by atoms with Crippen LogP contribution in [0.5, 0.6) is 0 Å². The number of amides is 1. The summed E-state index contributed by atoms with van der Waals surface area (Å²) in [6.07, 6.45) is 2.16. The first-order chi connectivity index (χ1) is 6.20. The molecule has 0 aromatic heterocycles. The molecular weight excluding hydrogens is 166 g/mol. The fraction of sp³-hybridized carbons (Fsp3) is 0.900. The molecule has 1 fully saturated rings. The van der Waals surface area contributed by atoms with E-state index < -0.39 is 0 Å². The van der Waals surface area contributed by atoms with Crippen molar-refractivity contribution >= 4 is 5.91 Å². The molecule has 0 aromatic carbocycles. The van der Waals surface area contributed by atoms with Gasteiger partial charge in [-0.15, -0.1) is 0 Å². The molecule has 1 N–H and O–H groups in total. The van der Waals surface area contributed by atoms with Crippen LogP contribution in [0, 0.1) is 11.8 Å². The third-order valence-electron chi connectivity index (χ3n) is 2.43. The first-order valence-corrected chi connectivity index (χ1v) is 5.05. The molecule has 0 spiro atoms. The van der Waals surface area contributed by atoms with Crippen molar-refractivity contribution in [3.8, 4) is 0 Å². The molecule has 13 heavy (non-hydrogen) atoms. The summed E-state index contributed by atoms with van der Waals surface area (Å²) in [5.41, 5.74) is 0. The fourth-order valence-corrected chi connectivity index (χ4v) is 1.40. The van der Waals surface area contributed by atoms with Crippen LogP contribution in [0.25, 0.3) is 0 Å². The highest BCUT2D eigenvalue weighted by Crippen LogP contribution is 2.13. The molecule has 0 atom stereocenters. The first-order valence-electron chi connectivity index (χ1n) is 5.05. The van der Waals surface area contributed by atoms with Gasteiger partial charge in [0.15, 0.2) is 0 Å². The SMILES string of the molecule is CC(C)C(=O)NCC1CCOCC1. The fourth-order valence-electron chi connectivity index (χ4n) is 1.40. The standard InChI is InChI=1S/C10H19NO2/c1-8(2)10(12)11-7-9-3-5-13-6-4-9/h8-9H,3-7H2,1-2H3,(H,11,12). The van der Waals surface area contributed by atoms with Gasteiger partial charge in [0.05, 0.1) is 0 Å². The van der Waals surface area contributed by atoms with Crippen molar-refractivity contribution in [3.63, 3.8) is 0 Å². The average molecular weight is 185 g/mol. The molecule has 0 unspecified atom stereocenters. The van der Waals surface area contributed by atoms with E-state index in [2.05, 4.69) is 5.32 Å². The van der Waals surface area contributed by atoms with Crippen LogP contribution in [-0.4, -0.2) is 25.7 Å². The van der Waals surface area contributed by atoms with E-state index in [9.17, 15) is 4.79 Å². The van der Waals surface area contributed by atoms with Gasteiger partial charge in [0, 0.05) is 25.7 Å². The maximum absolute atomic E-state index is 11.2. The smallest absolute Gasteiger partial charge is 0.222 e. The van der Waals surface area contributed by atoms with E-state index in [1.54, 1.807) is 0 Å². The lowest BCUT2D eigenvalue weighted by Gasteiger charge is -2.22. The van der Waals surface area contributed by atoms with Crippen LogP contribution in [0.15, 0.2) is 0 Å². The molecule has 1 aliphatic heterocycles. The molecule has 1 saturated heterocycles. The van der Waals surface area contributed by atoms with E-state index in [4.69, 9.17) is 4.74 Å². The topological polar surface area (TPSA) is 38.3 Å². The van der Waals surface area contributed by atoms with Gasteiger partial charge < -0.3 is 10.1 Å². The summed E-state index contributed by atoms with van der Waals surface area (Å²) in [6.45, 7) is 6.35. The Hall–Kier alpha value is -0.570. The van der Waals surface area contributed by atoms with Gasteiger partial charge in [-0.2, -0.15) is 0 Å². The van der Waals surface area contributed by atoms with E-state index in [-0.39, 0.29) is 11.8 Å². The van der Waals surface area contributed by atoms with Gasteiger partial charge in [0.1, 0.15) is 0 Å². The molecule has 0 saturated carbocycles. The van der Waals surface area contributed by atoms with Crippen LogP contribution in [0.2, 0.25) is 0 Å². The Kier molecular flexibility index (Phi) is 4.22. The zero-order valence-corrected chi connectivity index (χ0v) is 8.51. The molecule has 1 amide bonds. The van der Waals surface area contributed by atoms with Crippen LogP contribution in [0.4, 0.5) is 0 Å². The van der Waals surface area contributed by atoms with Crippen LogP contribution >= 0.6 is 0 Å². The summed E-state index contributed by atoms with van der Waals surface area (Å²) in [5, 5.41) is 2.96. The second kappa shape index (κ2) is 5.22. The third-order valence-corrected chi connectivity index (χ3v) is 2.43. The van der Waals surface area contributed by atoms with Crippen LogP contribution in [0.1, 0.15) is 26.7 Å². The summed E-state index contributed by atoms with van der Waals surface area (Å²) in [5.74, 6) is 0.878. The quantitative estimate of drug-likeness (QED) is 0.717. The van der Waals surface area contributed by atoms with Crippen LogP contribution < -0.4 is 5.32 Å².